The topological polar surface area (TPSA) is 59.7 Å². The number of ether oxygens (including phenoxy) is 2. The molecular formula is C23H40N2O3+2. The van der Waals surface area contributed by atoms with Crippen LogP contribution in [-0.4, -0.2) is 56.6 Å². The molecule has 0 aromatic heterocycles. The van der Waals surface area contributed by atoms with Crippen molar-refractivity contribution >= 4 is 0 Å². The first-order valence-corrected chi connectivity index (χ1v) is 11.3. The monoisotopic (exact) mass is 392 g/mol. The van der Waals surface area contributed by atoms with Crippen LogP contribution in [0.25, 0.3) is 0 Å². The summed E-state index contributed by atoms with van der Waals surface area (Å²) in [5, 5.41) is 12.7. The maximum atomic E-state index is 10.4. The third kappa shape index (κ3) is 5.93. The first-order valence-electron chi connectivity index (χ1n) is 11.3. The minimum absolute atomic E-state index is 0.373. The van der Waals surface area contributed by atoms with Gasteiger partial charge in [-0.3, -0.25) is 0 Å². The lowest BCUT2D eigenvalue weighted by molar-refractivity contribution is -0.972. The number of benzene rings is 1. The summed E-state index contributed by atoms with van der Waals surface area (Å²) in [5.74, 6) is 0.840. The number of hydrogen-bond acceptors (Lipinski definition) is 3. The van der Waals surface area contributed by atoms with Crippen LogP contribution in [0, 0.1) is 0 Å². The molecule has 0 spiro atoms. The molecule has 1 saturated heterocycles. The number of hydrogen-bond donors (Lipinski definition) is 3. The molecule has 2 aliphatic rings. The lowest BCUT2D eigenvalue weighted by Crippen LogP contribution is -3.24. The number of quaternary nitrogens is 2. The Morgan fingerprint density at radius 2 is 1.79 bits per heavy atom. The number of piperidine rings is 1. The highest BCUT2D eigenvalue weighted by Crippen LogP contribution is 2.25. The summed E-state index contributed by atoms with van der Waals surface area (Å²) in [5.41, 5.74) is 1.47. The molecule has 4 N–H and O–H groups in total. The van der Waals surface area contributed by atoms with Crippen molar-refractivity contribution in [2.75, 3.05) is 39.9 Å². The maximum Gasteiger partial charge on any atom is 0.147 e. The summed E-state index contributed by atoms with van der Waals surface area (Å²) in [7, 11) is 1.67. The van der Waals surface area contributed by atoms with Crippen LogP contribution in [-0.2, 0) is 11.3 Å². The molecule has 0 radical (unpaired) electrons. The van der Waals surface area contributed by atoms with Crippen LogP contribution in [0.3, 0.4) is 0 Å². The van der Waals surface area contributed by atoms with Gasteiger partial charge in [-0.05, 0) is 38.2 Å². The first kappa shape index (κ1) is 21.6. The van der Waals surface area contributed by atoms with E-state index in [0.717, 1.165) is 24.4 Å². The average Bonchev–Trinajstić information content (AvgIpc) is 2.75. The molecule has 5 nitrogen and oxygen atoms in total. The zero-order valence-electron chi connectivity index (χ0n) is 17.6. The van der Waals surface area contributed by atoms with Crippen LogP contribution in [0.5, 0.6) is 5.75 Å². The molecule has 0 unspecified atom stereocenters. The van der Waals surface area contributed by atoms with E-state index in [4.69, 9.17) is 9.47 Å². The zero-order chi connectivity index (χ0) is 19.7. The summed E-state index contributed by atoms with van der Waals surface area (Å²) in [6.45, 7) is 5.41. The summed E-state index contributed by atoms with van der Waals surface area (Å²) in [4.78, 5) is 1.84. The van der Waals surface area contributed by atoms with E-state index < -0.39 is 6.10 Å². The van der Waals surface area contributed by atoms with E-state index in [9.17, 15) is 5.11 Å². The van der Waals surface area contributed by atoms with Gasteiger partial charge in [-0.1, -0.05) is 24.6 Å². The van der Waals surface area contributed by atoms with Crippen LogP contribution in [0.1, 0.15) is 56.9 Å². The van der Waals surface area contributed by atoms with Gasteiger partial charge < -0.3 is 24.8 Å². The van der Waals surface area contributed by atoms with Gasteiger partial charge in [0, 0.05) is 18.4 Å². The van der Waals surface area contributed by atoms with Crippen molar-refractivity contribution in [1.82, 2.24) is 0 Å². The molecule has 3 rings (SSSR count). The average molecular weight is 393 g/mol. The molecule has 1 heterocycles. The first-order chi connectivity index (χ1) is 13.7. The van der Waals surface area contributed by atoms with Gasteiger partial charge in [0.2, 0.25) is 0 Å². The van der Waals surface area contributed by atoms with Crippen LogP contribution in [0.15, 0.2) is 24.3 Å². The number of methoxy groups -OCH3 is 1. The van der Waals surface area contributed by atoms with Gasteiger partial charge in [-0.25, -0.2) is 0 Å². The van der Waals surface area contributed by atoms with E-state index in [0.29, 0.717) is 18.8 Å². The number of para-hydroxylation sites is 1. The Kier molecular flexibility index (Phi) is 8.59. The Labute approximate surface area is 170 Å². The van der Waals surface area contributed by atoms with E-state index in [2.05, 4.69) is 5.32 Å². The van der Waals surface area contributed by atoms with Crippen molar-refractivity contribution in [2.45, 2.75) is 69.6 Å². The molecule has 1 aliphatic heterocycles. The third-order valence-electron chi connectivity index (χ3n) is 6.75. The number of rotatable bonds is 10. The molecule has 1 aliphatic carbocycles. The predicted molar refractivity (Wildman–Crippen MR) is 111 cm³/mol. The molecule has 1 aromatic rings. The second-order valence-corrected chi connectivity index (χ2v) is 8.71. The Bertz CT molecular complexity index is 569. The SMILES string of the molecule is COc1ccccc1COC[C@H](O)C[NH2+]CC1([NH+]2CCCCC2)CCCCC1. The largest absolute Gasteiger partial charge is 0.496 e. The van der Waals surface area contributed by atoms with Crippen LogP contribution in [0.4, 0.5) is 0 Å². The second kappa shape index (κ2) is 11.1. The molecular weight excluding hydrogens is 352 g/mol. The quantitative estimate of drug-likeness (QED) is 0.555. The van der Waals surface area contributed by atoms with E-state index in [-0.39, 0.29) is 0 Å². The molecule has 2 fully saturated rings. The molecule has 1 saturated carbocycles. The van der Waals surface area contributed by atoms with E-state index in [1.54, 1.807) is 7.11 Å². The Morgan fingerprint density at radius 1 is 1.07 bits per heavy atom. The summed E-state index contributed by atoms with van der Waals surface area (Å²) < 4.78 is 11.1. The molecule has 1 aromatic carbocycles. The Balaban J connectivity index is 1.41. The zero-order valence-corrected chi connectivity index (χ0v) is 17.6. The molecule has 5 heteroatoms. The van der Waals surface area contributed by atoms with Crippen molar-refractivity contribution in [3.63, 3.8) is 0 Å². The van der Waals surface area contributed by atoms with E-state index in [1.165, 1.54) is 64.5 Å². The highest BCUT2D eigenvalue weighted by Gasteiger charge is 2.43. The van der Waals surface area contributed by atoms with E-state index in [1.807, 2.05) is 29.2 Å². The van der Waals surface area contributed by atoms with Gasteiger partial charge >= 0.3 is 0 Å². The van der Waals surface area contributed by atoms with Crippen molar-refractivity contribution in [3.8, 4) is 5.75 Å². The Morgan fingerprint density at radius 3 is 2.54 bits per heavy atom. The minimum Gasteiger partial charge on any atom is -0.496 e. The number of nitrogens with one attached hydrogen (secondary N) is 1. The molecule has 0 bridgehead atoms. The number of aliphatic hydroxyl groups is 1. The second-order valence-electron chi connectivity index (χ2n) is 8.71. The van der Waals surface area contributed by atoms with Crippen molar-refractivity contribution in [3.05, 3.63) is 29.8 Å². The Hall–Kier alpha value is -1.14. The summed E-state index contributed by atoms with van der Waals surface area (Å²) in [6, 6.07) is 7.89. The van der Waals surface area contributed by atoms with Gasteiger partial charge in [-0.2, -0.15) is 0 Å². The smallest absolute Gasteiger partial charge is 0.147 e. The van der Waals surface area contributed by atoms with Gasteiger partial charge in [-0.15, -0.1) is 0 Å². The maximum absolute atomic E-state index is 10.4. The molecule has 28 heavy (non-hydrogen) atoms. The molecule has 158 valence electrons. The predicted octanol–water partition coefficient (Wildman–Crippen LogP) is 0.908. The van der Waals surface area contributed by atoms with Crippen LogP contribution >= 0.6 is 0 Å². The van der Waals surface area contributed by atoms with Crippen molar-refractivity contribution in [1.29, 1.82) is 0 Å². The summed E-state index contributed by atoms with van der Waals surface area (Å²) >= 11 is 0. The van der Waals surface area contributed by atoms with Gasteiger partial charge in [0.1, 0.15) is 30.5 Å². The van der Waals surface area contributed by atoms with Crippen LogP contribution < -0.4 is 15.0 Å². The lowest BCUT2D eigenvalue weighted by atomic mass is 9.79. The van der Waals surface area contributed by atoms with Gasteiger partial charge in [0.05, 0.1) is 33.4 Å². The number of nitrogens with two attached hydrogens (primary N) is 1. The number of aliphatic hydroxyl groups excluding tert-OH is 1. The van der Waals surface area contributed by atoms with Gasteiger partial charge in [0.15, 0.2) is 0 Å². The summed E-state index contributed by atoms with van der Waals surface area (Å²) in [6.07, 6.45) is 10.6. The highest BCUT2D eigenvalue weighted by molar-refractivity contribution is 5.32. The fourth-order valence-electron chi connectivity index (χ4n) is 5.19. The fraction of sp³-hybridized carbons (Fsp3) is 0.739. The van der Waals surface area contributed by atoms with Crippen molar-refractivity contribution < 1.29 is 24.8 Å². The number of likely N-dealkylation sites (tertiary alicyclic amines) is 1. The standard InChI is InChI=1S/C23H38N2O3/c1-27-22-11-5-4-10-20(22)17-28-18-21(26)16-24-19-23(12-6-2-7-13-23)25-14-8-3-9-15-25/h4-5,10-11,21,24,26H,2-3,6-9,12-19H2,1H3/p+2/t21-/m1/s1. The van der Waals surface area contributed by atoms with E-state index >= 15 is 0 Å². The van der Waals surface area contributed by atoms with Gasteiger partial charge in [0.25, 0.3) is 0 Å². The highest BCUT2D eigenvalue weighted by atomic mass is 16.5. The minimum atomic E-state index is -0.424. The normalized spacial score (nSPS) is 21.4. The molecule has 1 atom stereocenters. The lowest BCUT2D eigenvalue weighted by Gasteiger charge is -2.43. The van der Waals surface area contributed by atoms with Crippen molar-refractivity contribution in [2.24, 2.45) is 0 Å². The third-order valence-corrected chi connectivity index (χ3v) is 6.75. The fourth-order valence-corrected chi connectivity index (χ4v) is 5.19. The molecule has 0 amide bonds. The van der Waals surface area contributed by atoms with Crippen LogP contribution in [0.2, 0.25) is 0 Å².